The zero-order chi connectivity index (χ0) is 12.9. The van der Waals surface area contributed by atoms with Gasteiger partial charge in [-0.3, -0.25) is 4.79 Å². The molecule has 0 aliphatic carbocycles. The molecule has 0 saturated heterocycles. The number of rotatable bonds is 4. The van der Waals surface area contributed by atoms with Gasteiger partial charge >= 0.3 is 5.97 Å². The van der Waals surface area contributed by atoms with Crippen molar-refractivity contribution < 1.29 is 14.6 Å². The molecule has 1 rings (SSSR count). The predicted octanol–water partition coefficient (Wildman–Crippen LogP) is 2.49. The number of hydrogen-bond acceptors (Lipinski definition) is 3. The summed E-state index contributed by atoms with van der Waals surface area (Å²) in [6.07, 6.45) is 0.206. The third kappa shape index (κ3) is 5.00. The molecular weight excluding hydrogens is 216 g/mol. The highest BCUT2D eigenvalue weighted by molar-refractivity contribution is 5.71. The van der Waals surface area contributed by atoms with E-state index in [1.165, 1.54) is 0 Å². The molecule has 1 aromatic rings. The van der Waals surface area contributed by atoms with Crippen molar-refractivity contribution >= 4 is 5.97 Å². The van der Waals surface area contributed by atoms with Crippen LogP contribution in [0.25, 0.3) is 0 Å². The third-order valence-corrected chi connectivity index (χ3v) is 2.32. The molecule has 0 radical (unpaired) electrons. The van der Waals surface area contributed by atoms with Crippen LogP contribution in [0, 0.1) is 0 Å². The van der Waals surface area contributed by atoms with Crippen molar-refractivity contribution in [3.8, 4) is 0 Å². The summed E-state index contributed by atoms with van der Waals surface area (Å²) in [5.74, 6) is -0.466. The number of hydrogen-bond donors (Lipinski definition) is 1. The summed E-state index contributed by atoms with van der Waals surface area (Å²) < 4.78 is 5.24. The number of aliphatic hydroxyl groups is 1. The maximum Gasteiger partial charge on any atom is 0.307 e. The summed E-state index contributed by atoms with van der Waals surface area (Å²) in [5, 5.41) is 9.32. The molecule has 0 bridgehead atoms. The number of aliphatic hydroxyl groups excluding tert-OH is 1. The Kier molecular flexibility index (Phi) is 4.70. The molecule has 0 aliphatic rings. The van der Waals surface area contributed by atoms with Gasteiger partial charge in [0.1, 0.15) is 5.60 Å². The second-order valence-electron chi connectivity index (χ2n) is 5.08. The Bertz CT molecular complexity index is 351. The van der Waals surface area contributed by atoms with Gasteiger partial charge in [-0.05, 0) is 26.3 Å². The largest absolute Gasteiger partial charge is 0.460 e. The van der Waals surface area contributed by atoms with Crippen LogP contribution in [0.1, 0.15) is 38.7 Å². The van der Waals surface area contributed by atoms with E-state index in [2.05, 4.69) is 0 Å². The number of carbonyl (C=O) groups excluding carboxylic acids is 1. The first-order valence-electron chi connectivity index (χ1n) is 5.80. The fourth-order valence-corrected chi connectivity index (χ4v) is 1.60. The normalized spacial score (nSPS) is 13.2. The van der Waals surface area contributed by atoms with Crippen molar-refractivity contribution in [2.24, 2.45) is 0 Å². The number of benzene rings is 1. The molecule has 0 aliphatic heterocycles. The van der Waals surface area contributed by atoms with Gasteiger partial charge in [-0.25, -0.2) is 0 Å². The fraction of sp³-hybridized carbons (Fsp3) is 0.500. The molecular formula is C14H20O3. The monoisotopic (exact) mass is 236 g/mol. The molecule has 0 heterocycles. The second kappa shape index (κ2) is 5.82. The lowest BCUT2D eigenvalue weighted by molar-refractivity contribution is -0.155. The lowest BCUT2D eigenvalue weighted by Crippen LogP contribution is -2.25. The first-order valence-corrected chi connectivity index (χ1v) is 5.80. The van der Waals surface area contributed by atoms with E-state index in [0.29, 0.717) is 0 Å². The standard InChI is InChI=1S/C14H20O3/c1-14(2,3)17-13(16)9-12(10-15)11-7-5-4-6-8-11/h4-8,12,15H,9-10H2,1-3H3/t12-/m0/s1. The zero-order valence-corrected chi connectivity index (χ0v) is 10.6. The van der Waals surface area contributed by atoms with Gasteiger partial charge in [-0.15, -0.1) is 0 Å². The van der Waals surface area contributed by atoms with Gasteiger partial charge in [-0.2, -0.15) is 0 Å². The van der Waals surface area contributed by atoms with E-state index in [-0.39, 0.29) is 24.9 Å². The minimum atomic E-state index is -0.478. The first kappa shape index (κ1) is 13.7. The Balaban J connectivity index is 2.62. The molecule has 1 atom stereocenters. The number of carbonyl (C=O) groups is 1. The van der Waals surface area contributed by atoms with Crippen molar-refractivity contribution in [3.63, 3.8) is 0 Å². The van der Waals surface area contributed by atoms with E-state index in [9.17, 15) is 9.90 Å². The van der Waals surface area contributed by atoms with Crippen molar-refractivity contribution in [1.29, 1.82) is 0 Å². The van der Waals surface area contributed by atoms with E-state index in [1.54, 1.807) is 0 Å². The minimum absolute atomic E-state index is 0.0523. The Morgan fingerprint density at radius 2 is 1.88 bits per heavy atom. The van der Waals surface area contributed by atoms with Crippen molar-refractivity contribution in [3.05, 3.63) is 35.9 Å². The van der Waals surface area contributed by atoms with Crippen LogP contribution in [-0.2, 0) is 9.53 Å². The van der Waals surface area contributed by atoms with Crippen LogP contribution in [0.15, 0.2) is 30.3 Å². The van der Waals surface area contributed by atoms with E-state index in [0.717, 1.165) is 5.56 Å². The average molecular weight is 236 g/mol. The predicted molar refractivity (Wildman–Crippen MR) is 66.7 cm³/mol. The SMILES string of the molecule is CC(C)(C)OC(=O)C[C@@H](CO)c1ccccc1. The van der Waals surface area contributed by atoms with Gasteiger partial charge in [0, 0.05) is 5.92 Å². The zero-order valence-electron chi connectivity index (χ0n) is 10.6. The Labute approximate surface area is 102 Å². The molecule has 0 amide bonds. The van der Waals surface area contributed by atoms with Crippen LogP contribution in [0.3, 0.4) is 0 Å². The summed E-state index contributed by atoms with van der Waals surface area (Å²) in [6.45, 7) is 5.45. The van der Waals surface area contributed by atoms with Gasteiger partial charge < -0.3 is 9.84 Å². The van der Waals surface area contributed by atoms with Crippen LogP contribution >= 0.6 is 0 Å². The molecule has 0 fully saturated rings. The summed E-state index contributed by atoms with van der Waals surface area (Å²) in [4.78, 5) is 11.7. The quantitative estimate of drug-likeness (QED) is 0.817. The summed E-state index contributed by atoms with van der Waals surface area (Å²) in [5.41, 5.74) is 0.481. The van der Waals surface area contributed by atoms with Crippen LogP contribution in [-0.4, -0.2) is 23.3 Å². The van der Waals surface area contributed by atoms with Crippen molar-refractivity contribution in [1.82, 2.24) is 0 Å². The molecule has 0 spiro atoms. The van der Waals surface area contributed by atoms with Gasteiger partial charge in [0.2, 0.25) is 0 Å². The van der Waals surface area contributed by atoms with Gasteiger partial charge in [-0.1, -0.05) is 30.3 Å². The highest BCUT2D eigenvalue weighted by atomic mass is 16.6. The maximum atomic E-state index is 11.7. The first-order chi connectivity index (χ1) is 7.92. The molecule has 1 aromatic carbocycles. The molecule has 0 aromatic heterocycles. The lowest BCUT2D eigenvalue weighted by atomic mass is 9.97. The molecule has 0 unspecified atom stereocenters. The smallest absolute Gasteiger partial charge is 0.307 e. The molecule has 1 N–H and O–H groups in total. The number of esters is 1. The third-order valence-electron chi connectivity index (χ3n) is 2.32. The second-order valence-corrected chi connectivity index (χ2v) is 5.08. The highest BCUT2D eigenvalue weighted by Gasteiger charge is 2.20. The van der Waals surface area contributed by atoms with Crippen LogP contribution < -0.4 is 0 Å². The van der Waals surface area contributed by atoms with Crippen molar-refractivity contribution in [2.45, 2.75) is 38.7 Å². The maximum absolute atomic E-state index is 11.7. The molecule has 94 valence electrons. The Morgan fingerprint density at radius 3 is 2.35 bits per heavy atom. The highest BCUT2D eigenvalue weighted by Crippen LogP contribution is 2.20. The Morgan fingerprint density at radius 1 is 1.29 bits per heavy atom. The van der Waals surface area contributed by atoms with Gasteiger partial charge in [0.25, 0.3) is 0 Å². The summed E-state index contributed by atoms with van der Waals surface area (Å²) in [6, 6.07) is 9.52. The average Bonchev–Trinajstić information content (AvgIpc) is 2.24. The summed E-state index contributed by atoms with van der Waals surface area (Å²) >= 11 is 0. The van der Waals surface area contributed by atoms with Crippen LogP contribution in [0.4, 0.5) is 0 Å². The molecule has 3 heteroatoms. The van der Waals surface area contributed by atoms with E-state index >= 15 is 0 Å². The fourth-order valence-electron chi connectivity index (χ4n) is 1.60. The van der Waals surface area contributed by atoms with Crippen LogP contribution in [0.5, 0.6) is 0 Å². The topological polar surface area (TPSA) is 46.5 Å². The van der Waals surface area contributed by atoms with Crippen LogP contribution in [0.2, 0.25) is 0 Å². The van der Waals surface area contributed by atoms with Crippen molar-refractivity contribution in [2.75, 3.05) is 6.61 Å². The number of ether oxygens (including phenoxy) is 1. The Hall–Kier alpha value is -1.35. The van der Waals surface area contributed by atoms with Gasteiger partial charge in [0.05, 0.1) is 13.0 Å². The molecule has 0 saturated carbocycles. The van der Waals surface area contributed by atoms with E-state index in [4.69, 9.17) is 4.74 Å². The van der Waals surface area contributed by atoms with E-state index < -0.39 is 5.60 Å². The lowest BCUT2D eigenvalue weighted by Gasteiger charge is -2.21. The summed E-state index contributed by atoms with van der Waals surface area (Å²) in [7, 11) is 0. The molecule has 17 heavy (non-hydrogen) atoms. The van der Waals surface area contributed by atoms with Gasteiger partial charge in [0.15, 0.2) is 0 Å². The molecule has 3 nitrogen and oxygen atoms in total. The minimum Gasteiger partial charge on any atom is -0.460 e. The van der Waals surface area contributed by atoms with E-state index in [1.807, 2.05) is 51.1 Å².